The van der Waals surface area contributed by atoms with Crippen molar-refractivity contribution >= 4 is 23.2 Å². The summed E-state index contributed by atoms with van der Waals surface area (Å²) in [7, 11) is 0. The van der Waals surface area contributed by atoms with Gasteiger partial charge in [0.1, 0.15) is 17.4 Å². The number of halogens is 2. The van der Waals surface area contributed by atoms with E-state index in [2.05, 4.69) is 15.5 Å². The summed E-state index contributed by atoms with van der Waals surface area (Å²) >= 11 is 5.83. The summed E-state index contributed by atoms with van der Waals surface area (Å²) in [4.78, 5) is 11.8. The zero-order valence-electron chi connectivity index (χ0n) is 12.6. The van der Waals surface area contributed by atoms with Crippen LogP contribution in [0.2, 0.25) is 5.02 Å². The van der Waals surface area contributed by atoms with Crippen LogP contribution in [0.1, 0.15) is 5.82 Å². The van der Waals surface area contributed by atoms with Crippen LogP contribution in [0, 0.1) is 5.82 Å². The maximum atomic E-state index is 12.9. The SMILES string of the molecule is O=C(COc1ccc(F)cc1Cl)NCCc1nnc2ccccn12. The van der Waals surface area contributed by atoms with Gasteiger partial charge < -0.3 is 10.1 Å². The molecule has 124 valence electrons. The molecule has 0 saturated heterocycles. The van der Waals surface area contributed by atoms with Gasteiger partial charge in [0.05, 0.1) is 5.02 Å². The van der Waals surface area contributed by atoms with E-state index in [9.17, 15) is 9.18 Å². The molecule has 2 heterocycles. The van der Waals surface area contributed by atoms with E-state index in [1.165, 1.54) is 12.1 Å². The van der Waals surface area contributed by atoms with Crippen LogP contribution in [0.5, 0.6) is 5.75 Å². The van der Waals surface area contributed by atoms with Crippen LogP contribution in [0.15, 0.2) is 42.6 Å². The Kier molecular flexibility index (Phi) is 4.90. The fraction of sp³-hybridized carbons (Fsp3) is 0.188. The van der Waals surface area contributed by atoms with E-state index in [-0.39, 0.29) is 23.3 Å². The van der Waals surface area contributed by atoms with Gasteiger partial charge in [-0.05, 0) is 30.3 Å². The van der Waals surface area contributed by atoms with Gasteiger partial charge in [0.25, 0.3) is 5.91 Å². The van der Waals surface area contributed by atoms with Crippen molar-refractivity contribution in [2.75, 3.05) is 13.2 Å². The Morgan fingerprint density at radius 2 is 2.17 bits per heavy atom. The average Bonchev–Trinajstić information content (AvgIpc) is 2.97. The van der Waals surface area contributed by atoms with Crippen molar-refractivity contribution in [3.05, 3.63) is 59.3 Å². The van der Waals surface area contributed by atoms with Crippen molar-refractivity contribution in [3.63, 3.8) is 0 Å². The minimum absolute atomic E-state index is 0.123. The van der Waals surface area contributed by atoms with E-state index in [0.29, 0.717) is 13.0 Å². The largest absolute Gasteiger partial charge is 0.482 e. The molecule has 0 radical (unpaired) electrons. The molecule has 0 saturated carbocycles. The normalized spacial score (nSPS) is 10.8. The van der Waals surface area contributed by atoms with E-state index in [0.717, 1.165) is 17.5 Å². The van der Waals surface area contributed by atoms with Crippen molar-refractivity contribution in [2.45, 2.75) is 6.42 Å². The van der Waals surface area contributed by atoms with Crippen LogP contribution in [0.4, 0.5) is 4.39 Å². The van der Waals surface area contributed by atoms with E-state index >= 15 is 0 Å². The molecule has 1 amide bonds. The Balaban J connectivity index is 1.47. The molecule has 0 aliphatic heterocycles. The number of nitrogens with one attached hydrogen (secondary N) is 1. The van der Waals surface area contributed by atoms with Gasteiger partial charge in [-0.3, -0.25) is 9.20 Å². The molecule has 1 aromatic carbocycles. The Hall–Kier alpha value is -2.67. The monoisotopic (exact) mass is 348 g/mol. The molecule has 6 nitrogen and oxygen atoms in total. The van der Waals surface area contributed by atoms with Crippen molar-refractivity contribution in [3.8, 4) is 5.75 Å². The predicted octanol–water partition coefficient (Wildman–Crippen LogP) is 2.26. The summed E-state index contributed by atoms with van der Waals surface area (Å²) in [6, 6.07) is 9.36. The van der Waals surface area contributed by atoms with Crippen molar-refractivity contribution < 1.29 is 13.9 Å². The molecular weight excluding hydrogens is 335 g/mol. The van der Waals surface area contributed by atoms with Crippen LogP contribution >= 0.6 is 11.6 Å². The highest BCUT2D eigenvalue weighted by atomic mass is 35.5. The maximum Gasteiger partial charge on any atom is 0.257 e. The number of rotatable bonds is 6. The van der Waals surface area contributed by atoms with Gasteiger partial charge >= 0.3 is 0 Å². The molecule has 0 bridgehead atoms. The van der Waals surface area contributed by atoms with Crippen LogP contribution in [0.3, 0.4) is 0 Å². The molecule has 1 N–H and O–H groups in total. The van der Waals surface area contributed by atoms with E-state index in [1.807, 2.05) is 28.8 Å². The first kappa shape index (κ1) is 16.2. The second-order valence-corrected chi connectivity index (χ2v) is 5.42. The topological polar surface area (TPSA) is 68.5 Å². The summed E-state index contributed by atoms with van der Waals surface area (Å²) in [5.74, 6) is 0.256. The van der Waals surface area contributed by atoms with Gasteiger partial charge in [-0.15, -0.1) is 10.2 Å². The molecular formula is C16H14ClFN4O2. The lowest BCUT2D eigenvalue weighted by Gasteiger charge is -2.08. The molecule has 24 heavy (non-hydrogen) atoms. The molecule has 0 aliphatic rings. The Morgan fingerprint density at radius 3 is 3.00 bits per heavy atom. The Bertz CT molecular complexity index is 868. The Morgan fingerprint density at radius 1 is 1.29 bits per heavy atom. The van der Waals surface area contributed by atoms with Crippen LogP contribution < -0.4 is 10.1 Å². The highest BCUT2D eigenvalue weighted by Gasteiger charge is 2.08. The molecule has 0 atom stereocenters. The van der Waals surface area contributed by atoms with Gasteiger partial charge in [0.2, 0.25) is 0 Å². The highest BCUT2D eigenvalue weighted by molar-refractivity contribution is 6.32. The van der Waals surface area contributed by atoms with Crippen molar-refractivity contribution in [1.82, 2.24) is 19.9 Å². The molecule has 0 spiro atoms. The van der Waals surface area contributed by atoms with Gasteiger partial charge in [0.15, 0.2) is 12.3 Å². The lowest BCUT2D eigenvalue weighted by molar-refractivity contribution is -0.123. The number of pyridine rings is 1. The second-order valence-electron chi connectivity index (χ2n) is 5.01. The number of fused-ring (bicyclic) bond motifs is 1. The predicted molar refractivity (Wildman–Crippen MR) is 86.6 cm³/mol. The third-order valence-corrected chi connectivity index (χ3v) is 3.60. The summed E-state index contributed by atoms with van der Waals surface area (Å²) < 4.78 is 20.1. The lowest BCUT2D eigenvalue weighted by Crippen LogP contribution is -2.30. The molecule has 0 unspecified atom stereocenters. The number of carbonyl (C=O) groups is 1. The highest BCUT2D eigenvalue weighted by Crippen LogP contribution is 2.24. The quantitative estimate of drug-likeness (QED) is 0.742. The number of aromatic nitrogens is 3. The van der Waals surface area contributed by atoms with Crippen LogP contribution in [-0.4, -0.2) is 33.7 Å². The summed E-state index contributed by atoms with van der Waals surface area (Å²) in [6.07, 6.45) is 2.40. The number of benzene rings is 1. The maximum absolute atomic E-state index is 12.9. The van der Waals surface area contributed by atoms with Gasteiger partial charge in [-0.2, -0.15) is 0 Å². The van der Waals surface area contributed by atoms with E-state index in [1.54, 1.807) is 0 Å². The Labute approximate surface area is 142 Å². The number of nitrogens with zero attached hydrogens (tertiary/aromatic N) is 3. The molecule has 0 fully saturated rings. The standard InChI is InChI=1S/C16H14ClFN4O2/c17-12-9-11(18)4-5-13(12)24-10-16(23)19-7-6-15-21-20-14-3-1-2-8-22(14)15/h1-5,8-9H,6-7,10H2,(H,19,23). The summed E-state index contributed by atoms with van der Waals surface area (Å²) in [5.41, 5.74) is 0.758. The van der Waals surface area contributed by atoms with E-state index in [4.69, 9.17) is 16.3 Å². The molecule has 8 heteroatoms. The molecule has 3 aromatic rings. The van der Waals surface area contributed by atoms with Gasteiger partial charge in [0, 0.05) is 19.2 Å². The third-order valence-electron chi connectivity index (χ3n) is 3.31. The summed E-state index contributed by atoms with van der Waals surface area (Å²) in [5, 5.41) is 11.0. The number of ether oxygens (including phenoxy) is 1. The number of hydrogen-bond acceptors (Lipinski definition) is 4. The fourth-order valence-electron chi connectivity index (χ4n) is 2.16. The minimum Gasteiger partial charge on any atom is -0.482 e. The second kappa shape index (κ2) is 7.27. The first-order valence-corrected chi connectivity index (χ1v) is 7.64. The lowest BCUT2D eigenvalue weighted by atomic mass is 10.3. The van der Waals surface area contributed by atoms with E-state index < -0.39 is 5.82 Å². The van der Waals surface area contributed by atoms with Crippen LogP contribution in [-0.2, 0) is 11.2 Å². The molecule has 2 aromatic heterocycles. The molecule has 3 rings (SSSR count). The zero-order chi connectivity index (χ0) is 16.9. The fourth-order valence-corrected chi connectivity index (χ4v) is 2.38. The zero-order valence-corrected chi connectivity index (χ0v) is 13.3. The molecule has 0 aliphatic carbocycles. The van der Waals surface area contributed by atoms with Gasteiger partial charge in [-0.25, -0.2) is 4.39 Å². The van der Waals surface area contributed by atoms with Crippen molar-refractivity contribution in [1.29, 1.82) is 0 Å². The number of hydrogen-bond donors (Lipinski definition) is 1. The number of carbonyl (C=O) groups excluding carboxylic acids is 1. The van der Waals surface area contributed by atoms with Crippen molar-refractivity contribution in [2.24, 2.45) is 0 Å². The first-order chi connectivity index (χ1) is 11.6. The van der Waals surface area contributed by atoms with Crippen LogP contribution in [0.25, 0.3) is 5.65 Å². The third kappa shape index (κ3) is 3.80. The first-order valence-electron chi connectivity index (χ1n) is 7.26. The smallest absolute Gasteiger partial charge is 0.257 e. The number of amides is 1. The summed E-state index contributed by atoms with van der Waals surface area (Å²) in [6.45, 7) is 0.195. The average molecular weight is 349 g/mol. The minimum atomic E-state index is -0.461. The van der Waals surface area contributed by atoms with Gasteiger partial charge in [-0.1, -0.05) is 17.7 Å².